The van der Waals surface area contributed by atoms with Crippen molar-refractivity contribution < 1.29 is 14.3 Å². The summed E-state index contributed by atoms with van der Waals surface area (Å²) in [7, 11) is 0. The van der Waals surface area contributed by atoms with Gasteiger partial charge in [-0.1, -0.05) is 37.3 Å². The van der Waals surface area contributed by atoms with Gasteiger partial charge in [-0.2, -0.15) is 0 Å². The maximum Gasteiger partial charge on any atom is 0.305 e. The van der Waals surface area contributed by atoms with Gasteiger partial charge in [-0.05, 0) is 5.56 Å². The second-order valence-electron chi connectivity index (χ2n) is 3.11. The molecule has 82 valence electrons. The smallest absolute Gasteiger partial charge is 0.305 e. The SMILES string of the molecule is CCC(=O)OCCOCc1ccccc1. The number of esters is 1. The number of hydrogen-bond acceptors (Lipinski definition) is 3. The second-order valence-corrected chi connectivity index (χ2v) is 3.11. The van der Waals surface area contributed by atoms with E-state index in [-0.39, 0.29) is 5.97 Å². The van der Waals surface area contributed by atoms with Crippen LogP contribution < -0.4 is 0 Å². The van der Waals surface area contributed by atoms with Crippen molar-refractivity contribution in [3.8, 4) is 0 Å². The molecule has 1 rings (SSSR count). The van der Waals surface area contributed by atoms with Crippen molar-refractivity contribution in [1.82, 2.24) is 0 Å². The molecule has 1 aromatic rings. The molecule has 3 nitrogen and oxygen atoms in total. The maximum absolute atomic E-state index is 10.8. The summed E-state index contributed by atoms with van der Waals surface area (Å²) in [5, 5.41) is 0. The van der Waals surface area contributed by atoms with Gasteiger partial charge in [-0.25, -0.2) is 0 Å². The van der Waals surface area contributed by atoms with E-state index in [0.29, 0.717) is 26.2 Å². The molecule has 0 amide bonds. The summed E-state index contributed by atoms with van der Waals surface area (Å²) in [6, 6.07) is 9.90. The third-order valence-corrected chi connectivity index (χ3v) is 1.89. The largest absolute Gasteiger partial charge is 0.463 e. The Morgan fingerprint density at radius 1 is 1.20 bits per heavy atom. The molecule has 0 aromatic heterocycles. The highest BCUT2D eigenvalue weighted by molar-refractivity contribution is 5.68. The highest BCUT2D eigenvalue weighted by atomic mass is 16.6. The Bertz CT molecular complexity index is 282. The van der Waals surface area contributed by atoms with Crippen molar-refractivity contribution in [1.29, 1.82) is 0 Å². The average molecular weight is 208 g/mol. The van der Waals surface area contributed by atoms with Crippen molar-refractivity contribution in [3.63, 3.8) is 0 Å². The van der Waals surface area contributed by atoms with Crippen molar-refractivity contribution in [2.75, 3.05) is 13.2 Å². The predicted octanol–water partition coefficient (Wildman–Crippen LogP) is 2.16. The lowest BCUT2D eigenvalue weighted by atomic mass is 10.2. The van der Waals surface area contributed by atoms with Crippen molar-refractivity contribution in [3.05, 3.63) is 35.9 Å². The summed E-state index contributed by atoms with van der Waals surface area (Å²) in [6.07, 6.45) is 0.415. The van der Waals surface area contributed by atoms with E-state index in [1.54, 1.807) is 6.92 Å². The van der Waals surface area contributed by atoms with E-state index in [1.165, 1.54) is 0 Å². The molecule has 0 fully saturated rings. The fraction of sp³-hybridized carbons (Fsp3) is 0.417. The van der Waals surface area contributed by atoms with Crippen LogP contribution in [0.3, 0.4) is 0 Å². The molecule has 0 saturated carbocycles. The van der Waals surface area contributed by atoms with Crippen LogP contribution in [0.4, 0.5) is 0 Å². The molecule has 1 aromatic carbocycles. The number of carbonyl (C=O) groups is 1. The molecule has 0 atom stereocenters. The van der Waals surface area contributed by atoms with E-state index in [1.807, 2.05) is 30.3 Å². The molecular formula is C12H16O3. The quantitative estimate of drug-likeness (QED) is 0.531. The summed E-state index contributed by atoms with van der Waals surface area (Å²) in [5.41, 5.74) is 1.12. The van der Waals surface area contributed by atoms with Crippen LogP contribution in [0.5, 0.6) is 0 Å². The lowest BCUT2D eigenvalue weighted by Gasteiger charge is -2.05. The van der Waals surface area contributed by atoms with Crippen molar-refractivity contribution in [2.24, 2.45) is 0 Å². The van der Waals surface area contributed by atoms with E-state index in [9.17, 15) is 4.79 Å². The monoisotopic (exact) mass is 208 g/mol. The van der Waals surface area contributed by atoms with Crippen LogP contribution >= 0.6 is 0 Å². The summed E-state index contributed by atoms with van der Waals surface area (Å²) in [6.45, 7) is 3.11. The van der Waals surface area contributed by atoms with Crippen LogP contribution in [0.15, 0.2) is 30.3 Å². The molecule has 0 N–H and O–H groups in total. The van der Waals surface area contributed by atoms with E-state index < -0.39 is 0 Å². The van der Waals surface area contributed by atoms with Gasteiger partial charge in [0.05, 0.1) is 13.2 Å². The van der Waals surface area contributed by atoms with Crippen LogP contribution in [0.1, 0.15) is 18.9 Å². The first-order valence-corrected chi connectivity index (χ1v) is 5.10. The predicted molar refractivity (Wildman–Crippen MR) is 57.3 cm³/mol. The van der Waals surface area contributed by atoms with Gasteiger partial charge in [0.1, 0.15) is 6.61 Å². The Morgan fingerprint density at radius 2 is 1.93 bits per heavy atom. The first-order chi connectivity index (χ1) is 7.33. The lowest BCUT2D eigenvalue weighted by molar-refractivity contribution is -0.144. The standard InChI is InChI=1S/C12H16O3/c1-2-12(13)15-9-8-14-10-11-6-4-3-5-7-11/h3-7H,2,8-10H2,1H3. The van der Waals surface area contributed by atoms with Crippen LogP contribution in [0.25, 0.3) is 0 Å². The zero-order valence-electron chi connectivity index (χ0n) is 8.94. The third-order valence-electron chi connectivity index (χ3n) is 1.89. The Labute approximate surface area is 90.0 Å². The molecule has 0 unspecified atom stereocenters. The first kappa shape index (κ1) is 11.7. The molecular weight excluding hydrogens is 192 g/mol. The molecule has 0 saturated heterocycles. The first-order valence-electron chi connectivity index (χ1n) is 5.10. The van der Waals surface area contributed by atoms with Crippen molar-refractivity contribution >= 4 is 5.97 Å². The minimum absolute atomic E-state index is 0.182. The number of rotatable bonds is 6. The minimum atomic E-state index is -0.182. The molecule has 0 bridgehead atoms. The third kappa shape index (κ3) is 5.18. The number of carbonyl (C=O) groups excluding carboxylic acids is 1. The van der Waals surface area contributed by atoms with Crippen LogP contribution in [-0.2, 0) is 20.9 Å². The fourth-order valence-corrected chi connectivity index (χ4v) is 1.08. The second kappa shape index (κ2) is 7.01. The number of ether oxygens (including phenoxy) is 2. The summed E-state index contributed by atoms with van der Waals surface area (Å²) < 4.78 is 10.2. The van der Waals surface area contributed by atoms with E-state index in [4.69, 9.17) is 9.47 Å². The Hall–Kier alpha value is -1.35. The lowest BCUT2D eigenvalue weighted by Crippen LogP contribution is -2.09. The number of hydrogen-bond donors (Lipinski definition) is 0. The van der Waals surface area contributed by atoms with Gasteiger partial charge in [-0.15, -0.1) is 0 Å². The molecule has 0 aliphatic rings. The topological polar surface area (TPSA) is 35.5 Å². The summed E-state index contributed by atoms with van der Waals surface area (Å²) in [4.78, 5) is 10.8. The molecule has 15 heavy (non-hydrogen) atoms. The summed E-state index contributed by atoms with van der Waals surface area (Å²) in [5.74, 6) is -0.182. The van der Waals surface area contributed by atoms with Gasteiger partial charge in [0, 0.05) is 6.42 Å². The Kier molecular flexibility index (Phi) is 5.48. The van der Waals surface area contributed by atoms with E-state index in [0.717, 1.165) is 5.56 Å². The van der Waals surface area contributed by atoms with Crippen LogP contribution in [-0.4, -0.2) is 19.2 Å². The van der Waals surface area contributed by atoms with Crippen LogP contribution in [0, 0.1) is 0 Å². The van der Waals surface area contributed by atoms with E-state index >= 15 is 0 Å². The van der Waals surface area contributed by atoms with Gasteiger partial charge < -0.3 is 9.47 Å². The zero-order valence-corrected chi connectivity index (χ0v) is 8.94. The molecule has 0 radical (unpaired) electrons. The van der Waals surface area contributed by atoms with Gasteiger partial charge >= 0.3 is 5.97 Å². The minimum Gasteiger partial charge on any atom is -0.463 e. The van der Waals surface area contributed by atoms with Gasteiger partial charge in [0.25, 0.3) is 0 Å². The Balaban J connectivity index is 2.05. The highest BCUT2D eigenvalue weighted by Gasteiger charge is 1.97. The fourth-order valence-electron chi connectivity index (χ4n) is 1.08. The van der Waals surface area contributed by atoms with Gasteiger partial charge in [0.15, 0.2) is 0 Å². The average Bonchev–Trinajstić information content (AvgIpc) is 2.29. The molecule has 0 aliphatic heterocycles. The molecule has 0 aliphatic carbocycles. The van der Waals surface area contributed by atoms with Gasteiger partial charge in [0.2, 0.25) is 0 Å². The molecule has 0 heterocycles. The molecule has 3 heteroatoms. The highest BCUT2D eigenvalue weighted by Crippen LogP contribution is 2.00. The van der Waals surface area contributed by atoms with Gasteiger partial charge in [-0.3, -0.25) is 4.79 Å². The Morgan fingerprint density at radius 3 is 2.60 bits per heavy atom. The molecule has 0 spiro atoms. The van der Waals surface area contributed by atoms with Crippen molar-refractivity contribution in [2.45, 2.75) is 20.0 Å². The maximum atomic E-state index is 10.8. The number of benzene rings is 1. The van der Waals surface area contributed by atoms with E-state index in [2.05, 4.69) is 0 Å². The zero-order chi connectivity index (χ0) is 10.9. The summed E-state index contributed by atoms with van der Waals surface area (Å²) >= 11 is 0. The normalized spacial score (nSPS) is 9.93. The van der Waals surface area contributed by atoms with Crippen LogP contribution in [0.2, 0.25) is 0 Å².